The summed E-state index contributed by atoms with van der Waals surface area (Å²) in [5.74, 6) is 0.892. The molecule has 0 bridgehead atoms. The van der Waals surface area contributed by atoms with E-state index in [-0.39, 0.29) is 6.10 Å². The van der Waals surface area contributed by atoms with Crippen LogP contribution >= 0.6 is 0 Å². The summed E-state index contributed by atoms with van der Waals surface area (Å²) in [6.45, 7) is 2.76. The van der Waals surface area contributed by atoms with Gasteiger partial charge in [0.25, 0.3) is 0 Å². The largest absolute Gasteiger partial charge is 0.397 e. The van der Waals surface area contributed by atoms with Crippen LogP contribution in [0.25, 0.3) is 0 Å². The molecule has 4 nitrogen and oxygen atoms in total. The van der Waals surface area contributed by atoms with Gasteiger partial charge in [-0.3, -0.25) is 0 Å². The molecule has 1 aliphatic heterocycles. The maximum absolute atomic E-state index is 9.49. The van der Waals surface area contributed by atoms with E-state index < -0.39 is 0 Å². The summed E-state index contributed by atoms with van der Waals surface area (Å²) in [6.07, 6.45) is 2.23. The zero-order valence-corrected chi connectivity index (χ0v) is 8.22. The van der Waals surface area contributed by atoms with Crippen LogP contribution in [0.1, 0.15) is 13.3 Å². The van der Waals surface area contributed by atoms with Crippen LogP contribution in [-0.4, -0.2) is 28.8 Å². The van der Waals surface area contributed by atoms with Crippen molar-refractivity contribution in [2.75, 3.05) is 17.2 Å². The Morgan fingerprint density at radius 2 is 2.36 bits per heavy atom. The number of aliphatic hydroxyl groups excluding tert-OH is 1. The number of aliphatic hydroxyl groups is 1. The predicted octanol–water partition coefficient (Wildman–Crippen LogP) is 0.623. The van der Waals surface area contributed by atoms with Crippen molar-refractivity contribution in [1.29, 1.82) is 0 Å². The van der Waals surface area contributed by atoms with Crippen molar-refractivity contribution >= 4 is 11.5 Å². The molecule has 0 aromatic carbocycles. The first-order valence-electron chi connectivity index (χ1n) is 4.83. The van der Waals surface area contributed by atoms with Crippen molar-refractivity contribution in [3.8, 4) is 0 Å². The van der Waals surface area contributed by atoms with E-state index >= 15 is 0 Å². The van der Waals surface area contributed by atoms with Crippen molar-refractivity contribution in [3.05, 3.63) is 18.3 Å². The highest BCUT2D eigenvalue weighted by molar-refractivity contribution is 5.47. The van der Waals surface area contributed by atoms with Gasteiger partial charge in [0.2, 0.25) is 0 Å². The van der Waals surface area contributed by atoms with Crippen LogP contribution in [-0.2, 0) is 0 Å². The second kappa shape index (κ2) is 3.46. The Morgan fingerprint density at radius 1 is 1.57 bits per heavy atom. The predicted molar refractivity (Wildman–Crippen MR) is 56.1 cm³/mol. The molecule has 2 heterocycles. The molecule has 2 atom stereocenters. The van der Waals surface area contributed by atoms with E-state index in [2.05, 4.69) is 16.8 Å². The number of anilines is 2. The SMILES string of the molecule is CC1CC(O)CN1c1ccc(N)cn1. The van der Waals surface area contributed by atoms with E-state index in [1.165, 1.54) is 0 Å². The minimum absolute atomic E-state index is 0.232. The molecule has 76 valence electrons. The van der Waals surface area contributed by atoms with Gasteiger partial charge in [-0.25, -0.2) is 4.98 Å². The lowest BCUT2D eigenvalue weighted by atomic mass is 10.2. The van der Waals surface area contributed by atoms with Crippen molar-refractivity contribution in [2.45, 2.75) is 25.5 Å². The number of hydrogen-bond donors (Lipinski definition) is 2. The number of nitrogens with two attached hydrogens (primary N) is 1. The quantitative estimate of drug-likeness (QED) is 0.686. The Kier molecular flexibility index (Phi) is 2.29. The molecule has 1 aromatic rings. The second-order valence-corrected chi connectivity index (χ2v) is 3.84. The molecule has 0 amide bonds. The summed E-state index contributed by atoms with van der Waals surface area (Å²) in [6, 6.07) is 4.07. The highest BCUT2D eigenvalue weighted by atomic mass is 16.3. The summed E-state index contributed by atoms with van der Waals surface area (Å²) in [7, 11) is 0. The zero-order valence-electron chi connectivity index (χ0n) is 8.22. The van der Waals surface area contributed by atoms with E-state index in [1.807, 2.05) is 12.1 Å². The van der Waals surface area contributed by atoms with E-state index in [4.69, 9.17) is 5.73 Å². The highest BCUT2D eigenvalue weighted by Gasteiger charge is 2.28. The van der Waals surface area contributed by atoms with Crippen LogP contribution in [0.5, 0.6) is 0 Å². The van der Waals surface area contributed by atoms with Crippen LogP contribution in [0.2, 0.25) is 0 Å². The lowest BCUT2D eigenvalue weighted by Crippen LogP contribution is -2.28. The summed E-state index contributed by atoms with van der Waals surface area (Å²) in [4.78, 5) is 6.34. The average molecular weight is 193 g/mol. The molecular formula is C10H15N3O. The van der Waals surface area contributed by atoms with Gasteiger partial charge in [0.1, 0.15) is 5.82 Å². The van der Waals surface area contributed by atoms with Crippen LogP contribution in [0.3, 0.4) is 0 Å². The fourth-order valence-corrected chi connectivity index (χ4v) is 1.89. The van der Waals surface area contributed by atoms with E-state index in [0.717, 1.165) is 12.2 Å². The first kappa shape index (κ1) is 9.27. The Hall–Kier alpha value is -1.29. The fourth-order valence-electron chi connectivity index (χ4n) is 1.89. The molecule has 2 rings (SSSR count). The van der Waals surface area contributed by atoms with Gasteiger partial charge in [0.15, 0.2) is 0 Å². The van der Waals surface area contributed by atoms with Gasteiger partial charge >= 0.3 is 0 Å². The first-order chi connectivity index (χ1) is 6.66. The molecular weight excluding hydrogens is 178 g/mol. The Morgan fingerprint density at radius 3 is 2.86 bits per heavy atom. The average Bonchev–Trinajstić information content (AvgIpc) is 2.47. The maximum Gasteiger partial charge on any atom is 0.128 e. The van der Waals surface area contributed by atoms with Crippen LogP contribution in [0.4, 0.5) is 11.5 Å². The minimum Gasteiger partial charge on any atom is -0.397 e. The smallest absolute Gasteiger partial charge is 0.128 e. The van der Waals surface area contributed by atoms with Gasteiger partial charge in [-0.1, -0.05) is 0 Å². The number of pyridine rings is 1. The number of hydrogen-bond acceptors (Lipinski definition) is 4. The summed E-state index contributed by atoms with van der Waals surface area (Å²) >= 11 is 0. The summed E-state index contributed by atoms with van der Waals surface area (Å²) in [5, 5.41) is 9.49. The third kappa shape index (κ3) is 1.65. The van der Waals surface area contributed by atoms with Gasteiger partial charge in [-0.05, 0) is 25.5 Å². The number of aromatic nitrogens is 1. The molecule has 0 saturated carbocycles. The van der Waals surface area contributed by atoms with E-state index in [1.54, 1.807) is 6.20 Å². The molecule has 3 N–H and O–H groups in total. The molecule has 1 aromatic heterocycles. The lowest BCUT2D eigenvalue weighted by molar-refractivity contribution is 0.195. The Balaban J connectivity index is 2.19. The molecule has 1 fully saturated rings. The van der Waals surface area contributed by atoms with Crippen molar-refractivity contribution in [1.82, 2.24) is 4.98 Å². The Bertz CT molecular complexity index is 312. The molecule has 0 spiro atoms. The molecule has 4 heteroatoms. The number of β-amino-alcohol motifs (C(OH)–C–C–N with tert-alkyl or cyclic N) is 1. The molecule has 1 saturated heterocycles. The van der Waals surface area contributed by atoms with Gasteiger partial charge in [0.05, 0.1) is 18.0 Å². The zero-order chi connectivity index (χ0) is 10.1. The van der Waals surface area contributed by atoms with Crippen molar-refractivity contribution in [3.63, 3.8) is 0 Å². The van der Waals surface area contributed by atoms with Crippen molar-refractivity contribution < 1.29 is 5.11 Å². The lowest BCUT2D eigenvalue weighted by Gasteiger charge is -2.21. The van der Waals surface area contributed by atoms with Crippen LogP contribution in [0, 0.1) is 0 Å². The minimum atomic E-state index is -0.232. The normalized spacial score (nSPS) is 26.9. The summed E-state index contributed by atoms with van der Waals surface area (Å²) in [5.41, 5.74) is 6.22. The highest BCUT2D eigenvalue weighted by Crippen LogP contribution is 2.23. The second-order valence-electron chi connectivity index (χ2n) is 3.84. The molecule has 2 unspecified atom stereocenters. The van der Waals surface area contributed by atoms with E-state index in [9.17, 15) is 5.11 Å². The third-order valence-electron chi connectivity index (χ3n) is 2.62. The monoisotopic (exact) mass is 193 g/mol. The standard InChI is InChI=1S/C10H15N3O/c1-7-4-9(14)6-13(7)10-3-2-8(11)5-12-10/h2-3,5,7,9,14H,4,6,11H2,1H3. The number of nitrogen functional groups attached to an aromatic ring is 1. The third-order valence-corrected chi connectivity index (χ3v) is 2.62. The van der Waals surface area contributed by atoms with Gasteiger partial charge in [-0.15, -0.1) is 0 Å². The maximum atomic E-state index is 9.49. The van der Waals surface area contributed by atoms with Crippen LogP contribution in [0.15, 0.2) is 18.3 Å². The molecule has 1 aliphatic rings. The van der Waals surface area contributed by atoms with Gasteiger partial charge in [0, 0.05) is 12.6 Å². The number of nitrogens with zero attached hydrogens (tertiary/aromatic N) is 2. The first-order valence-corrected chi connectivity index (χ1v) is 4.83. The van der Waals surface area contributed by atoms with Gasteiger partial charge < -0.3 is 15.7 Å². The molecule has 14 heavy (non-hydrogen) atoms. The molecule has 0 radical (unpaired) electrons. The summed E-state index contributed by atoms with van der Waals surface area (Å²) < 4.78 is 0. The van der Waals surface area contributed by atoms with Crippen LogP contribution < -0.4 is 10.6 Å². The Labute approximate surface area is 83.4 Å². The van der Waals surface area contributed by atoms with Crippen molar-refractivity contribution in [2.24, 2.45) is 0 Å². The molecule has 0 aliphatic carbocycles. The van der Waals surface area contributed by atoms with E-state index in [0.29, 0.717) is 18.3 Å². The topological polar surface area (TPSA) is 62.4 Å². The van der Waals surface area contributed by atoms with Gasteiger partial charge in [-0.2, -0.15) is 0 Å². The number of rotatable bonds is 1. The fraction of sp³-hybridized carbons (Fsp3) is 0.500.